The van der Waals surface area contributed by atoms with Crippen LogP contribution >= 0.6 is 12.6 Å². The Hall–Kier alpha value is -3.06. The molecule has 4 rings (SSSR count). The van der Waals surface area contributed by atoms with Gasteiger partial charge in [-0.2, -0.15) is 0 Å². The van der Waals surface area contributed by atoms with Gasteiger partial charge < -0.3 is 14.6 Å². The quantitative estimate of drug-likeness (QED) is 0.596. The number of hydrogen-bond acceptors (Lipinski definition) is 4. The van der Waals surface area contributed by atoms with Crippen LogP contribution in [0.3, 0.4) is 0 Å². The molecule has 3 heterocycles. The highest BCUT2D eigenvalue weighted by Crippen LogP contribution is 2.29. The molecule has 0 radical (unpaired) electrons. The summed E-state index contributed by atoms with van der Waals surface area (Å²) >= 11 is 4.60. The SMILES string of the molecule is CC(=O)N1CCC=C(c2cccc(Cn3c(C(=O)O)cc4cc(C)cc(S)c43)n2)CC1. The zero-order chi connectivity index (χ0) is 22.1. The Morgan fingerprint density at radius 1 is 1.19 bits per heavy atom. The van der Waals surface area contributed by atoms with E-state index in [-0.39, 0.29) is 11.6 Å². The van der Waals surface area contributed by atoms with Gasteiger partial charge in [-0.1, -0.05) is 12.1 Å². The molecule has 6 nitrogen and oxygen atoms in total. The predicted molar refractivity (Wildman–Crippen MR) is 124 cm³/mol. The van der Waals surface area contributed by atoms with Crippen molar-refractivity contribution in [2.75, 3.05) is 13.1 Å². The largest absolute Gasteiger partial charge is 0.477 e. The van der Waals surface area contributed by atoms with Crippen LogP contribution < -0.4 is 0 Å². The molecule has 1 N–H and O–H groups in total. The highest BCUT2D eigenvalue weighted by atomic mass is 32.1. The van der Waals surface area contributed by atoms with E-state index in [1.165, 1.54) is 0 Å². The lowest BCUT2D eigenvalue weighted by atomic mass is 10.1. The first kappa shape index (κ1) is 21.2. The van der Waals surface area contributed by atoms with E-state index in [0.29, 0.717) is 13.1 Å². The molecule has 160 valence electrons. The molecule has 1 aromatic carbocycles. The molecule has 0 bridgehead atoms. The van der Waals surface area contributed by atoms with Gasteiger partial charge >= 0.3 is 5.97 Å². The maximum atomic E-state index is 11.9. The van der Waals surface area contributed by atoms with Crippen molar-refractivity contribution in [3.8, 4) is 0 Å². The Morgan fingerprint density at radius 3 is 2.74 bits per heavy atom. The van der Waals surface area contributed by atoms with Crippen LogP contribution in [-0.4, -0.2) is 44.5 Å². The van der Waals surface area contributed by atoms with E-state index >= 15 is 0 Å². The fourth-order valence-electron chi connectivity index (χ4n) is 4.20. The Morgan fingerprint density at radius 2 is 2.00 bits per heavy atom. The molecular weight excluding hydrogens is 410 g/mol. The zero-order valence-corrected chi connectivity index (χ0v) is 18.5. The molecule has 31 heavy (non-hydrogen) atoms. The molecule has 0 aliphatic carbocycles. The minimum atomic E-state index is -0.978. The number of pyridine rings is 1. The van der Waals surface area contributed by atoms with Gasteiger partial charge in [-0.05, 0) is 61.2 Å². The number of rotatable bonds is 4. The Labute approximate surface area is 186 Å². The predicted octanol–water partition coefficient (Wildman–Crippen LogP) is 4.41. The number of carbonyl (C=O) groups excluding carboxylic acids is 1. The van der Waals surface area contributed by atoms with Crippen LogP contribution in [0.2, 0.25) is 0 Å². The fourth-order valence-corrected chi connectivity index (χ4v) is 4.65. The number of benzene rings is 1. The fraction of sp³-hybridized carbons (Fsp3) is 0.292. The molecule has 0 spiro atoms. The molecule has 1 aliphatic heterocycles. The number of fused-ring (bicyclic) bond motifs is 1. The van der Waals surface area contributed by atoms with Crippen LogP contribution in [0.4, 0.5) is 0 Å². The Bertz CT molecular complexity index is 1210. The summed E-state index contributed by atoms with van der Waals surface area (Å²) in [6.45, 7) is 5.31. The summed E-state index contributed by atoms with van der Waals surface area (Å²) < 4.78 is 1.77. The average molecular weight is 436 g/mol. The van der Waals surface area contributed by atoms with Gasteiger partial charge in [-0.15, -0.1) is 12.6 Å². The first-order valence-corrected chi connectivity index (χ1v) is 10.7. The third-order valence-corrected chi connectivity index (χ3v) is 6.02. The molecule has 7 heteroatoms. The standard InChI is InChI=1S/C24H25N3O3S/c1-15-11-18-13-21(24(29)30)27(23(18)22(31)12-15)14-19-6-3-7-20(25-19)17-5-4-9-26(10-8-17)16(2)28/h3,5-7,11-13,31H,4,8-10,14H2,1-2H3,(H,29,30). The van der Waals surface area contributed by atoms with Gasteiger partial charge in [0, 0.05) is 30.3 Å². The van der Waals surface area contributed by atoms with E-state index in [0.717, 1.165) is 57.7 Å². The van der Waals surface area contributed by atoms with Crippen LogP contribution in [0.15, 0.2) is 47.4 Å². The van der Waals surface area contributed by atoms with Gasteiger partial charge in [0.05, 0.1) is 23.4 Å². The van der Waals surface area contributed by atoms with Crippen molar-refractivity contribution >= 4 is 41.0 Å². The van der Waals surface area contributed by atoms with E-state index in [4.69, 9.17) is 4.98 Å². The van der Waals surface area contributed by atoms with Crippen LogP contribution in [0.5, 0.6) is 0 Å². The van der Waals surface area contributed by atoms with Crippen molar-refractivity contribution in [3.05, 3.63) is 65.1 Å². The Balaban J connectivity index is 1.68. The third-order valence-electron chi connectivity index (χ3n) is 5.68. The van der Waals surface area contributed by atoms with Crippen molar-refractivity contribution in [1.29, 1.82) is 0 Å². The van der Waals surface area contributed by atoms with E-state index in [1.54, 1.807) is 17.6 Å². The number of thiol groups is 1. The van der Waals surface area contributed by atoms with E-state index in [1.807, 2.05) is 42.2 Å². The molecule has 0 unspecified atom stereocenters. The minimum absolute atomic E-state index is 0.0924. The number of carboxylic acids is 1. The summed E-state index contributed by atoms with van der Waals surface area (Å²) in [5.41, 5.74) is 4.81. The van der Waals surface area contributed by atoms with Crippen molar-refractivity contribution in [2.24, 2.45) is 0 Å². The number of nitrogens with zero attached hydrogens (tertiary/aromatic N) is 3. The summed E-state index contributed by atoms with van der Waals surface area (Å²) in [5.74, 6) is -0.886. The van der Waals surface area contributed by atoms with Gasteiger partial charge in [0.1, 0.15) is 5.69 Å². The number of aromatic nitrogens is 2. The van der Waals surface area contributed by atoms with Crippen LogP contribution in [0.25, 0.3) is 16.5 Å². The molecule has 2 aromatic heterocycles. The van der Waals surface area contributed by atoms with E-state index < -0.39 is 5.97 Å². The molecule has 1 amide bonds. The summed E-state index contributed by atoms with van der Waals surface area (Å²) in [5, 5.41) is 10.6. The van der Waals surface area contributed by atoms with Gasteiger partial charge in [0.2, 0.25) is 5.91 Å². The number of carbonyl (C=O) groups is 2. The third kappa shape index (κ3) is 4.37. The van der Waals surface area contributed by atoms with Crippen molar-refractivity contribution < 1.29 is 14.7 Å². The van der Waals surface area contributed by atoms with E-state index in [2.05, 4.69) is 18.7 Å². The minimum Gasteiger partial charge on any atom is -0.477 e. The molecular formula is C24H25N3O3S. The molecule has 0 saturated carbocycles. The number of aryl methyl sites for hydroxylation is 1. The average Bonchev–Trinajstić information content (AvgIpc) is 2.90. The second-order valence-electron chi connectivity index (χ2n) is 7.93. The first-order chi connectivity index (χ1) is 14.8. The van der Waals surface area contributed by atoms with Crippen molar-refractivity contribution in [2.45, 2.75) is 38.1 Å². The number of amides is 1. The van der Waals surface area contributed by atoms with Crippen LogP contribution in [0, 0.1) is 6.92 Å². The molecule has 0 atom stereocenters. The number of aromatic carboxylic acids is 1. The lowest BCUT2D eigenvalue weighted by molar-refractivity contribution is -0.128. The molecule has 0 fully saturated rings. The second kappa shape index (κ2) is 8.59. The highest BCUT2D eigenvalue weighted by Gasteiger charge is 2.19. The smallest absolute Gasteiger partial charge is 0.352 e. The topological polar surface area (TPSA) is 75.4 Å². The monoisotopic (exact) mass is 435 g/mol. The van der Waals surface area contributed by atoms with Gasteiger partial charge in [-0.25, -0.2) is 4.79 Å². The number of hydrogen-bond donors (Lipinski definition) is 2. The molecule has 3 aromatic rings. The summed E-state index contributed by atoms with van der Waals surface area (Å²) in [7, 11) is 0. The Kier molecular flexibility index (Phi) is 5.87. The summed E-state index contributed by atoms with van der Waals surface area (Å²) in [4.78, 5) is 31.0. The summed E-state index contributed by atoms with van der Waals surface area (Å²) in [6.07, 6.45) is 3.70. The summed E-state index contributed by atoms with van der Waals surface area (Å²) in [6, 6.07) is 11.4. The lowest BCUT2D eigenvalue weighted by Crippen LogP contribution is -2.29. The highest BCUT2D eigenvalue weighted by molar-refractivity contribution is 7.80. The number of carboxylic acid groups (broad SMARTS) is 1. The van der Waals surface area contributed by atoms with Gasteiger partial charge in [0.25, 0.3) is 0 Å². The maximum absolute atomic E-state index is 11.9. The lowest BCUT2D eigenvalue weighted by Gasteiger charge is -2.18. The van der Waals surface area contributed by atoms with Crippen LogP contribution in [0.1, 0.15) is 47.2 Å². The first-order valence-electron chi connectivity index (χ1n) is 10.3. The normalized spacial score (nSPS) is 14.4. The second-order valence-corrected chi connectivity index (χ2v) is 8.41. The van der Waals surface area contributed by atoms with Crippen molar-refractivity contribution in [1.82, 2.24) is 14.5 Å². The van der Waals surface area contributed by atoms with Crippen molar-refractivity contribution in [3.63, 3.8) is 0 Å². The van der Waals surface area contributed by atoms with Gasteiger partial charge in [0.15, 0.2) is 0 Å². The molecule has 1 aliphatic rings. The van der Waals surface area contributed by atoms with E-state index in [9.17, 15) is 14.7 Å². The maximum Gasteiger partial charge on any atom is 0.352 e. The molecule has 0 saturated heterocycles. The van der Waals surface area contributed by atoms with Gasteiger partial charge in [-0.3, -0.25) is 9.78 Å². The van der Waals surface area contributed by atoms with Crippen LogP contribution in [-0.2, 0) is 11.3 Å². The zero-order valence-electron chi connectivity index (χ0n) is 17.6.